The van der Waals surface area contributed by atoms with E-state index in [4.69, 9.17) is 16.2 Å². The van der Waals surface area contributed by atoms with Crippen LogP contribution in [0.1, 0.15) is 59.1 Å². The SMILES string of the molecule is CCOC(=O)C1CCCN(S(=O)(=O)c2cccc(C(=O)N3CCC4(CC3)CN=C(NC(=O)c3nc(CI)c(N)nc3N)N4)c2)C1. The lowest BCUT2D eigenvalue weighted by Crippen LogP contribution is -2.57. The van der Waals surface area contributed by atoms with E-state index < -0.39 is 33.4 Å². The molecule has 2 amide bonds. The first-order chi connectivity index (χ1) is 21.5. The van der Waals surface area contributed by atoms with Crippen LogP contribution in [0.25, 0.3) is 0 Å². The van der Waals surface area contributed by atoms with Crippen LogP contribution in [0.5, 0.6) is 0 Å². The molecule has 3 aliphatic rings. The van der Waals surface area contributed by atoms with Crippen LogP contribution in [0.2, 0.25) is 0 Å². The molecular formula is C28H36IN9O6S. The van der Waals surface area contributed by atoms with E-state index in [0.717, 1.165) is 0 Å². The van der Waals surface area contributed by atoms with Crippen molar-refractivity contribution in [1.82, 2.24) is 29.8 Å². The molecule has 1 spiro atoms. The smallest absolute Gasteiger partial charge is 0.310 e. The number of piperidine rings is 2. The number of anilines is 2. The van der Waals surface area contributed by atoms with Crippen LogP contribution in [-0.4, -0.2) is 96.2 Å². The molecule has 2 fully saturated rings. The predicted molar refractivity (Wildman–Crippen MR) is 174 cm³/mol. The van der Waals surface area contributed by atoms with Gasteiger partial charge in [0.05, 0.1) is 35.2 Å². The first kappa shape index (κ1) is 32.8. The minimum atomic E-state index is -3.92. The Morgan fingerprint density at radius 1 is 1.16 bits per heavy atom. The van der Waals surface area contributed by atoms with E-state index in [9.17, 15) is 22.8 Å². The van der Waals surface area contributed by atoms with Crippen molar-refractivity contribution in [3.05, 3.63) is 41.2 Å². The molecule has 0 aliphatic carbocycles. The van der Waals surface area contributed by atoms with Gasteiger partial charge >= 0.3 is 5.97 Å². The maximum absolute atomic E-state index is 13.5. The lowest BCUT2D eigenvalue weighted by molar-refractivity contribution is -0.149. The molecule has 1 aromatic heterocycles. The van der Waals surface area contributed by atoms with Crippen LogP contribution in [0.4, 0.5) is 11.6 Å². The molecule has 2 aromatic rings. The number of likely N-dealkylation sites (tertiary alicyclic amines) is 1. The molecule has 5 rings (SSSR count). The zero-order valence-electron chi connectivity index (χ0n) is 24.8. The number of amides is 2. The number of halogens is 1. The summed E-state index contributed by atoms with van der Waals surface area (Å²) in [6, 6.07) is 6.02. The average molecular weight is 754 g/mol. The van der Waals surface area contributed by atoms with Gasteiger partial charge in [-0.05, 0) is 50.8 Å². The van der Waals surface area contributed by atoms with Crippen LogP contribution in [0, 0.1) is 5.92 Å². The Hall–Kier alpha value is -3.58. The lowest BCUT2D eigenvalue weighted by Gasteiger charge is -2.39. The summed E-state index contributed by atoms with van der Waals surface area (Å²) in [5.41, 5.74) is 11.9. The molecule has 0 bridgehead atoms. The second-order valence-corrected chi connectivity index (χ2v) is 13.9. The number of nitrogens with two attached hydrogens (primary N) is 2. The molecule has 0 saturated carbocycles. The van der Waals surface area contributed by atoms with Crippen molar-refractivity contribution in [3.8, 4) is 0 Å². The van der Waals surface area contributed by atoms with Crippen molar-refractivity contribution in [2.24, 2.45) is 10.9 Å². The minimum Gasteiger partial charge on any atom is -0.466 e. The van der Waals surface area contributed by atoms with Gasteiger partial charge in [-0.15, -0.1) is 0 Å². The number of ether oxygens (including phenoxy) is 1. The number of carbonyl (C=O) groups excluding carboxylic acids is 3. The number of carbonyl (C=O) groups is 3. The predicted octanol–water partition coefficient (Wildman–Crippen LogP) is 0.904. The molecule has 45 heavy (non-hydrogen) atoms. The van der Waals surface area contributed by atoms with Gasteiger partial charge in [0.15, 0.2) is 17.5 Å². The Balaban J connectivity index is 1.19. The van der Waals surface area contributed by atoms with Crippen molar-refractivity contribution in [2.45, 2.75) is 47.5 Å². The Kier molecular flexibility index (Phi) is 9.78. The number of esters is 1. The van der Waals surface area contributed by atoms with Crippen LogP contribution >= 0.6 is 22.6 Å². The second-order valence-electron chi connectivity index (χ2n) is 11.2. The number of guanidine groups is 1. The largest absolute Gasteiger partial charge is 0.466 e. The van der Waals surface area contributed by atoms with Crippen LogP contribution in [-0.2, 0) is 24.0 Å². The molecule has 3 aliphatic heterocycles. The number of hydrogen-bond acceptors (Lipinski definition) is 12. The second kappa shape index (κ2) is 13.4. The third kappa shape index (κ3) is 6.99. The van der Waals surface area contributed by atoms with E-state index in [2.05, 4.69) is 48.2 Å². The van der Waals surface area contributed by atoms with Crippen molar-refractivity contribution >= 4 is 68.0 Å². The molecule has 1 atom stereocenters. The number of nitrogens with zero attached hydrogens (tertiary/aromatic N) is 5. The number of alkyl halides is 1. The number of aromatic nitrogens is 2. The van der Waals surface area contributed by atoms with Crippen molar-refractivity contribution < 1.29 is 27.5 Å². The van der Waals surface area contributed by atoms with Crippen molar-refractivity contribution in [2.75, 3.05) is 50.8 Å². The van der Waals surface area contributed by atoms with Crippen LogP contribution in [0.15, 0.2) is 34.2 Å². The lowest BCUT2D eigenvalue weighted by atomic mass is 9.88. The number of hydrogen-bond donors (Lipinski definition) is 4. The zero-order chi connectivity index (χ0) is 32.4. The van der Waals surface area contributed by atoms with E-state index in [1.165, 1.54) is 16.4 Å². The molecular weight excluding hydrogens is 717 g/mol. The topological polar surface area (TPSA) is 215 Å². The van der Waals surface area contributed by atoms with Gasteiger partial charge in [-0.25, -0.2) is 18.4 Å². The summed E-state index contributed by atoms with van der Waals surface area (Å²) < 4.78 is 33.8. The first-order valence-electron chi connectivity index (χ1n) is 14.6. The Morgan fingerprint density at radius 2 is 1.91 bits per heavy atom. The van der Waals surface area contributed by atoms with Crippen LogP contribution in [0.3, 0.4) is 0 Å². The highest BCUT2D eigenvalue weighted by molar-refractivity contribution is 14.1. The van der Waals surface area contributed by atoms with Gasteiger partial charge in [-0.3, -0.25) is 24.7 Å². The molecule has 4 heterocycles. The number of sulfonamides is 1. The highest BCUT2D eigenvalue weighted by Crippen LogP contribution is 2.29. The number of rotatable bonds is 7. The van der Waals surface area contributed by atoms with Gasteiger partial charge in [-0.2, -0.15) is 4.31 Å². The number of nitrogen functional groups attached to an aromatic ring is 2. The fraction of sp³-hybridized carbons (Fsp3) is 0.500. The Bertz CT molecular complexity index is 1630. The van der Waals surface area contributed by atoms with Crippen molar-refractivity contribution in [3.63, 3.8) is 0 Å². The average Bonchev–Trinajstić information content (AvgIpc) is 3.42. The molecule has 15 nitrogen and oxygen atoms in total. The maximum Gasteiger partial charge on any atom is 0.310 e. The molecule has 17 heteroatoms. The fourth-order valence-corrected chi connectivity index (χ4v) is 7.85. The van der Waals surface area contributed by atoms with E-state index in [0.29, 0.717) is 62.0 Å². The molecule has 0 radical (unpaired) electrons. The van der Waals surface area contributed by atoms with E-state index in [-0.39, 0.29) is 52.8 Å². The normalized spacial score (nSPS) is 19.9. The highest BCUT2D eigenvalue weighted by Gasteiger charge is 2.41. The van der Waals surface area contributed by atoms with Crippen molar-refractivity contribution in [1.29, 1.82) is 0 Å². The zero-order valence-corrected chi connectivity index (χ0v) is 27.8. The Morgan fingerprint density at radius 3 is 2.62 bits per heavy atom. The minimum absolute atomic E-state index is 0.00891. The van der Waals surface area contributed by atoms with Gasteiger partial charge in [0.2, 0.25) is 10.0 Å². The molecule has 242 valence electrons. The quantitative estimate of drug-likeness (QED) is 0.177. The van der Waals surface area contributed by atoms with E-state index in [1.807, 2.05) is 0 Å². The van der Waals surface area contributed by atoms with E-state index >= 15 is 0 Å². The molecule has 1 unspecified atom stereocenters. The van der Waals surface area contributed by atoms with Crippen LogP contribution < -0.4 is 22.1 Å². The summed E-state index contributed by atoms with van der Waals surface area (Å²) in [7, 11) is -3.92. The van der Waals surface area contributed by atoms with Gasteiger partial charge in [0, 0.05) is 36.2 Å². The number of benzene rings is 1. The highest BCUT2D eigenvalue weighted by atomic mass is 127. The summed E-state index contributed by atoms with van der Waals surface area (Å²) in [6.07, 6.45) is 2.24. The number of aliphatic imine (C=N–C) groups is 1. The summed E-state index contributed by atoms with van der Waals surface area (Å²) in [5, 5.41) is 6.01. The third-order valence-corrected chi connectivity index (χ3v) is 10.8. The third-order valence-electron chi connectivity index (χ3n) is 8.25. The first-order valence-corrected chi connectivity index (χ1v) is 17.6. The molecule has 2 saturated heterocycles. The van der Waals surface area contributed by atoms with Gasteiger partial charge in [0.1, 0.15) is 5.82 Å². The summed E-state index contributed by atoms with van der Waals surface area (Å²) in [4.78, 5) is 53.0. The number of nitrogens with one attached hydrogen (secondary N) is 2. The van der Waals surface area contributed by atoms with E-state index in [1.54, 1.807) is 24.0 Å². The summed E-state index contributed by atoms with van der Waals surface area (Å²) in [6.45, 7) is 3.51. The maximum atomic E-state index is 13.5. The van der Waals surface area contributed by atoms with Gasteiger partial charge < -0.3 is 26.4 Å². The Labute approximate surface area is 274 Å². The molecule has 6 N–H and O–H groups in total. The van der Waals surface area contributed by atoms with Gasteiger partial charge in [0.25, 0.3) is 11.8 Å². The van der Waals surface area contributed by atoms with Gasteiger partial charge in [-0.1, -0.05) is 28.7 Å². The standard InChI is InChI=1S/C28H36IN9O6S/c1-2-44-26(41)18-6-4-10-38(15-18)45(42,43)19-7-3-5-17(13-19)25(40)37-11-8-28(9-12-37)16-32-27(36-28)35-24(39)21-23(31)34-22(30)20(14-29)33-21/h3,5,7,13,18H,2,4,6,8-12,14-16H2,1H3,(H4,30,31,34)(H2,32,35,36,39). The summed E-state index contributed by atoms with van der Waals surface area (Å²) in [5.74, 6) is -1.36. The monoisotopic (exact) mass is 753 g/mol. The molecule has 1 aromatic carbocycles. The summed E-state index contributed by atoms with van der Waals surface area (Å²) >= 11 is 2.07. The fourth-order valence-electron chi connectivity index (χ4n) is 5.72.